The smallest absolute Gasteiger partial charge is 0.360 e. The molecule has 2 heterocycles. The van der Waals surface area contributed by atoms with Gasteiger partial charge in [-0.15, -0.1) is 0 Å². The van der Waals surface area contributed by atoms with E-state index in [1.165, 1.54) is 53.1 Å². The van der Waals surface area contributed by atoms with Gasteiger partial charge in [-0.2, -0.15) is 10.2 Å². The van der Waals surface area contributed by atoms with Crippen LogP contribution < -0.4 is 10.1 Å². The highest BCUT2D eigenvalue weighted by Gasteiger charge is 2.20. The lowest BCUT2D eigenvalue weighted by molar-refractivity contribution is -0.386. The third-order valence-corrected chi connectivity index (χ3v) is 3.74. The number of nitro groups is 1. The zero-order valence-corrected chi connectivity index (χ0v) is 15.4. The van der Waals surface area contributed by atoms with E-state index in [0.717, 1.165) is 0 Å². The van der Waals surface area contributed by atoms with Gasteiger partial charge in [0.05, 0.1) is 17.7 Å². The molecule has 0 spiro atoms. The van der Waals surface area contributed by atoms with Crippen molar-refractivity contribution in [3.63, 3.8) is 0 Å². The van der Waals surface area contributed by atoms with E-state index in [1.54, 1.807) is 13.1 Å². The minimum Gasteiger partial charge on any atom is -0.464 e. The van der Waals surface area contributed by atoms with E-state index < -0.39 is 16.8 Å². The van der Waals surface area contributed by atoms with Crippen molar-refractivity contribution in [3.8, 4) is 5.75 Å². The number of amides is 1. The maximum Gasteiger partial charge on any atom is 0.360 e. The van der Waals surface area contributed by atoms with E-state index in [2.05, 4.69) is 20.3 Å². The second-order valence-corrected chi connectivity index (χ2v) is 5.75. The lowest BCUT2D eigenvalue weighted by atomic mass is 10.3. The number of rotatable bonds is 7. The standard InChI is InChI=1S/C17H16N6O6/c1-21-9-12(15(20-21)17(25)28-2)18-16(24)11-7-8-22(19-11)10-29-14-6-4-3-5-13(14)23(26)27/h3-9H,10H2,1-2H3,(H,18,24). The van der Waals surface area contributed by atoms with Crippen molar-refractivity contribution >= 4 is 23.3 Å². The van der Waals surface area contributed by atoms with Crippen LogP contribution in [0, 0.1) is 10.1 Å². The summed E-state index contributed by atoms with van der Waals surface area (Å²) >= 11 is 0. The zero-order chi connectivity index (χ0) is 21.0. The first-order valence-corrected chi connectivity index (χ1v) is 8.22. The van der Waals surface area contributed by atoms with Gasteiger partial charge in [-0.25, -0.2) is 9.48 Å². The molecular weight excluding hydrogens is 384 g/mol. The van der Waals surface area contributed by atoms with Crippen molar-refractivity contribution in [1.29, 1.82) is 0 Å². The lowest BCUT2D eigenvalue weighted by Gasteiger charge is -2.06. The van der Waals surface area contributed by atoms with Crippen molar-refractivity contribution in [1.82, 2.24) is 19.6 Å². The third kappa shape index (κ3) is 4.37. The van der Waals surface area contributed by atoms with Crippen LogP contribution in [0.25, 0.3) is 0 Å². The van der Waals surface area contributed by atoms with Crippen molar-refractivity contribution in [2.75, 3.05) is 12.4 Å². The van der Waals surface area contributed by atoms with Crippen LogP contribution in [0.15, 0.2) is 42.7 Å². The minimum atomic E-state index is -0.690. The highest BCUT2D eigenvalue weighted by molar-refractivity contribution is 6.06. The first-order chi connectivity index (χ1) is 13.9. The fourth-order valence-corrected chi connectivity index (χ4v) is 2.43. The SMILES string of the molecule is COC(=O)c1nn(C)cc1NC(=O)c1ccn(COc2ccccc2[N+](=O)[O-])n1. The van der Waals surface area contributed by atoms with Crippen LogP contribution in [-0.2, 0) is 18.5 Å². The number of hydrogen-bond acceptors (Lipinski definition) is 8. The highest BCUT2D eigenvalue weighted by atomic mass is 16.6. The van der Waals surface area contributed by atoms with Crippen LogP contribution in [0.1, 0.15) is 21.0 Å². The molecule has 150 valence electrons. The summed E-state index contributed by atoms with van der Waals surface area (Å²) in [4.78, 5) is 34.6. The molecule has 0 unspecified atom stereocenters. The van der Waals surface area contributed by atoms with Crippen molar-refractivity contribution in [2.45, 2.75) is 6.73 Å². The van der Waals surface area contributed by atoms with Crippen molar-refractivity contribution < 1.29 is 24.0 Å². The Morgan fingerprint density at radius 2 is 2.00 bits per heavy atom. The highest BCUT2D eigenvalue weighted by Crippen LogP contribution is 2.26. The lowest BCUT2D eigenvalue weighted by Crippen LogP contribution is -2.16. The molecule has 12 nitrogen and oxygen atoms in total. The molecule has 0 aliphatic carbocycles. The Hall–Kier alpha value is -4.22. The molecule has 0 bridgehead atoms. The maximum atomic E-state index is 12.4. The molecule has 1 amide bonds. The summed E-state index contributed by atoms with van der Waals surface area (Å²) in [5, 5.41) is 21.6. The number of esters is 1. The number of hydrogen-bond donors (Lipinski definition) is 1. The molecule has 0 atom stereocenters. The molecule has 3 rings (SSSR count). The molecule has 0 radical (unpaired) electrons. The largest absolute Gasteiger partial charge is 0.464 e. The zero-order valence-electron chi connectivity index (χ0n) is 15.4. The Morgan fingerprint density at radius 3 is 2.72 bits per heavy atom. The number of ether oxygens (including phenoxy) is 2. The molecular formula is C17H16N6O6. The normalized spacial score (nSPS) is 10.4. The van der Waals surface area contributed by atoms with Gasteiger partial charge in [-0.1, -0.05) is 12.1 Å². The van der Waals surface area contributed by atoms with Crippen LogP contribution in [0.4, 0.5) is 11.4 Å². The first kappa shape index (κ1) is 19.5. The predicted molar refractivity (Wildman–Crippen MR) is 98.5 cm³/mol. The van der Waals surface area contributed by atoms with Gasteiger partial charge in [0.15, 0.2) is 23.9 Å². The molecule has 0 saturated carbocycles. The van der Waals surface area contributed by atoms with E-state index in [4.69, 9.17) is 4.74 Å². The average Bonchev–Trinajstić information content (AvgIpc) is 3.32. The number of carbonyl (C=O) groups excluding carboxylic acids is 2. The molecule has 3 aromatic rings. The van der Waals surface area contributed by atoms with E-state index in [9.17, 15) is 19.7 Å². The molecule has 2 aromatic heterocycles. The molecule has 12 heteroatoms. The molecule has 0 aliphatic heterocycles. The van der Waals surface area contributed by atoms with E-state index in [0.29, 0.717) is 0 Å². The molecule has 0 fully saturated rings. The number of nitro benzene ring substituents is 1. The van der Waals surface area contributed by atoms with E-state index >= 15 is 0 Å². The molecule has 1 N–H and O–H groups in total. The Kier molecular flexibility index (Phi) is 5.53. The van der Waals surface area contributed by atoms with Gasteiger partial charge in [-0.05, 0) is 12.1 Å². The van der Waals surface area contributed by atoms with Gasteiger partial charge >= 0.3 is 11.7 Å². The number of aryl methyl sites for hydroxylation is 1. The summed E-state index contributed by atoms with van der Waals surface area (Å²) in [7, 11) is 2.80. The number of para-hydroxylation sites is 2. The number of nitrogens with one attached hydrogen (secondary N) is 1. The summed E-state index contributed by atoms with van der Waals surface area (Å²) in [6, 6.07) is 7.36. The second-order valence-electron chi connectivity index (χ2n) is 5.75. The maximum absolute atomic E-state index is 12.4. The third-order valence-electron chi connectivity index (χ3n) is 3.74. The van der Waals surface area contributed by atoms with Crippen LogP contribution >= 0.6 is 0 Å². The number of benzene rings is 1. The average molecular weight is 400 g/mol. The molecule has 0 saturated heterocycles. The van der Waals surface area contributed by atoms with Crippen LogP contribution in [0.2, 0.25) is 0 Å². The monoisotopic (exact) mass is 400 g/mol. The predicted octanol–water partition coefficient (Wildman–Crippen LogP) is 1.60. The Morgan fingerprint density at radius 1 is 1.24 bits per heavy atom. The number of carbonyl (C=O) groups is 2. The topological polar surface area (TPSA) is 143 Å². The van der Waals surface area contributed by atoms with Gasteiger partial charge in [0, 0.05) is 25.5 Å². The van der Waals surface area contributed by atoms with Crippen molar-refractivity contribution in [2.24, 2.45) is 7.05 Å². The fourth-order valence-electron chi connectivity index (χ4n) is 2.43. The van der Waals surface area contributed by atoms with Gasteiger partial charge in [0.2, 0.25) is 0 Å². The Balaban J connectivity index is 1.68. The molecule has 0 aliphatic rings. The number of nitrogens with zero attached hydrogens (tertiary/aromatic N) is 5. The molecule has 29 heavy (non-hydrogen) atoms. The summed E-state index contributed by atoms with van der Waals surface area (Å²) in [6.45, 7) is -0.140. The Labute approximate surface area is 163 Å². The van der Waals surface area contributed by atoms with Crippen LogP contribution in [0.5, 0.6) is 5.75 Å². The second kappa shape index (κ2) is 8.21. The molecule has 1 aromatic carbocycles. The number of aromatic nitrogens is 4. The summed E-state index contributed by atoms with van der Waals surface area (Å²) in [5.41, 5.74) is 0.0120. The summed E-state index contributed by atoms with van der Waals surface area (Å²) in [5.74, 6) is -1.19. The number of anilines is 1. The van der Waals surface area contributed by atoms with Gasteiger partial charge in [0.1, 0.15) is 0 Å². The summed E-state index contributed by atoms with van der Waals surface area (Å²) < 4.78 is 12.7. The van der Waals surface area contributed by atoms with E-state index in [-0.39, 0.29) is 35.2 Å². The van der Waals surface area contributed by atoms with Crippen LogP contribution in [0.3, 0.4) is 0 Å². The summed E-state index contributed by atoms with van der Waals surface area (Å²) in [6.07, 6.45) is 2.94. The van der Waals surface area contributed by atoms with Gasteiger partial charge in [-0.3, -0.25) is 19.6 Å². The van der Waals surface area contributed by atoms with Crippen molar-refractivity contribution in [3.05, 3.63) is 64.2 Å². The minimum absolute atomic E-state index is 0.0393. The first-order valence-electron chi connectivity index (χ1n) is 8.22. The number of methoxy groups -OCH3 is 1. The quantitative estimate of drug-likeness (QED) is 0.358. The van der Waals surface area contributed by atoms with Gasteiger partial charge in [0.25, 0.3) is 5.91 Å². The van der Waals surface area contributed by atoms with Crippen LogP contribution in [-0.4, -0.2) is 43.5 Å². The fraction of sp³-hybridized carbons (Fsp3) is 0.176. The van der Waals surface area contributed by atoms with Gasteiger partial charge < -0.3 is 14.8 Å². The Bertz CT molecular complexity index is 1070. The van der Waals surface area contributed by atoms with E-state index in [1.807, 2.05) is 0 Å².